The molecule has 0 unspecified atom stereocenters. The van der Waals surface area contributed by atoms with Gasteiger partial charge < -0.3 is 15.5 Å². The molecule has 0 aliphatic heterocycles. The Morgan fingerprint density at radius 3 is 2.27 bits per heavy atom. The van der Waals surface area contributed by atoms with Crippen molar-refractivity contribution in [2.75, 3.05) is 12.3 Å². The number of unbranched alkanes of at least 4 members (excludes halogenated alkanes) is 8. The van der Waals surface area contributed by atoms with Crippen molar-refractivity contribution in [1.29, 1.82) is 0 Å². The van der Waals surface area contributed by atoms with Gasteiger partial charge in [0.1, 0.15) is 6.26 Å². The summed E-state index contributed by atoms with van der Waals surface area (Å²) in [7, 11) is 0. The number of nitrogen functional groups attached to an aromatic ring is 1. The molecule has 1 aromatic heterocycles. The number of aromatic nitrogens is 1. The number of anilines is 1. The number of oxazole rings is 1. The number of benzene rings is 1. The normalized spacial score (nSPS) is 10.8. The Balaban J connectivity index is 1.61. The molecule has 3 N–H and O–H groups in total. The number of carbonyl (C=O) groups excluding carboxylic acids is 1. The van der Waals surface area contributed by atoms with Crippen molar-refractivity contribution >= 4 is 11.6 Å². The van der Waals surface area contributed by atoms with Crippen LogP contribution in [-0.4, -0.2) is 17.4 Å². The second kappa shape index (κ2) is 11.3. The van der Waals surface area contributed by atoms with Gasteiger partial charge in [0.05, 0.1) is 0 Å². The van der Waals surface area contributed by atoms with E-state index in [1.807, 2.05) is 12.1 Å². The van der Waals surface area contributed by atoms with Crippen molar-refractivity contribution < 1.29 is 9.21 Å². The van der Waals surface area contributed by atoms with Crippen LogP contribution in [0.15, 0.2) is 34.9 Å². The Bertz CT molecular complexity index is 650. The van der Waals surface area contributed by atoms with E-state index < -0.39 is 0 Å². The van der Waals surface area contributed by atoms with Gasteiger partial charge >= 0.3 is 0 Å². The molecule has 5 heteroatoms. The van der Waals surface area contributed by atoms with E-state index in [2.05, 4.69) is 17.2 Å². The number of amides is 1. The lowest BCUT2D eigenvalue weighted by Crippen LogP contribution is -2.24. The average Bonchev–Trinajstić information content (AvgIpc) is 3.14. The summed E-state index contributed by atoms with van der Waals surface area (Å²) in [5.41, 5.74) is 7.46. The van der Waals surface area contributed by atoms with Gasteiger partial charge in [0.25, 0.3) is 5.91 Å². The predicted molar refractivity (Wildman–Crippen MR) is 106 cm³/mol. The van der Waals surface area contributed by atoms with E-state index in [4.69, 9.17) is 10.2 Å². The maximum absolute atomic E-state index is 12.1. The molecule has 0 aliphatic rings. The number of hydrogen-bond acceptors (Lipinski definition) is 4. The molecule has 0 aliphatic carbocycles. The lowest BCUT2D eigenvalue weighted by molar-refractivity contribution is 0.0948. The monoisotopic (exact) mass is 357 g/mol. The van der Waals surface area contributed by atoms with E-state index in [0.29, 0.717) is 23.8 Å². The molecule has 1 amide bonds. The number of rotatable bonds is 12. The average molecular weight is 357 g/mol. The minimum Gasteiger partial charge on any atom is -0.444 e. The van der Waals surface area contributed by atoms with Gasteiger partial charge in [0.2, 0.25) is 5.89 Å². The van der Waals surface area contributed by atoms with Crippen molar-refractivity contribution in [3.8, 4) is 11.5 Å². The van der Waals surface area contributed by atoms with Crippen molar-refractivity contribution in [3.05, 3.63) is 36.2 Å². The van der Waals surface area contributed by atoms with Crippen LogP contribution in [0, 0.1) is 0 Å². The lowest BCUT2D eigenvalue weighted by Gasteiger charge is -2.03. The third kappa shape index (κ3) is 6.90. The Morgan fingerprint density at radius 2 is 1.62 bits per heavy atom. The topological polar surface area (TPSA) is 81.2 Å². The van der Waals surface area contributed by atoms with E-state index in [9.17, 15) is 4.79 Å². The highest BCUT2D eigenvalue weighted by molar-refractivity contribution is 5.92. The van der Waals surface area contributed by atoms with Crippen LogP contribution in [-0.2, 0) is 0 Å². The van der Waals surface area contributed by atoms with E-state index in [0.717, 1.165) is 18.4 Å². The molecule has 142 valence electrons. The molecule has 0 saturated carbocycles. The molecule has 0 bridgehead atoms. The number of nitrogens with two attached hydrogens (primary N) is 1. The van der Waals surface area contributed by atoms with Crippen LogP contribution in [0.1, 0.15) is 75.2 Å². The third-order valence-corrected chi connectivity index (χ3v) is 4.46. The molecule has 1 aromatic carbocycles. The molecule has 1 heterocycles. The highest BCUT2D eigenvalue weighted by Gasteiger charge is 2.12. The van der Waals surface area contributed by atoms with E-state index >= 15 is 0 Å². The van der Waals surface area contributed by atoms with Crippen LogP contribution >= 0.6 is 0 Å². The second-order valence-electron chi connectivity index (χ2n) is 6.74. The fourth-order valence-electron chi connectivity index (χ4n) is 2.86. The number of nitrogens with zero attached hydrogens (tertiary/aromatic N) is 1. The Hall–Kier alpha value is -2.30. The van der Waals surface area contributed by atoms with Gasteiger partial charge in [0.15, 0.2) is 5.69 Å². The van der Waals surface area contributed by atoms with E-state index in [1.54, 1.807) is 12.1 Å². The molecule has 0 radical (unpaired) electrons. The molecular weight excluding hydrogens is 326 g/mol. The predicted octanol–water partition coefficient (Wildman–Crippen LogP) is 5.18. The Labute approximate surface area is 156 Å². The fraction of sp³-hybridized carbons (Fsp3) is 0.524. The SMILES string of the molecule is CCCCCCCCCCCNC(=O)c1coc(-c2ccc(N)cc2)n1. The summed E-state index contributed by atoms with van der Waals surface area (Å²) in [4.78, 5) is 16.4. The molecule has 0 atom stereocenters. The van der Waals surface area contributed by atoms with Gasteiger partial charge in [-0.1, -0.05) is 58.3 Å². The molecule has 26 heavy (non-hydrogen) atoms. The number of carbonyl (C=O) groups is 1. The maximum atomic E-state index is 12.1. The largest absolute Gasteiger partial charge is 0.444 e. The summed E-state index contributed by atoms with van der Waals surface area (Å²) in [6.07, 6.45) is 12.8. The summed E-state index contributed by atoms with van der Waals surface area (Å²) >= 11 is 0. The highest BCUT2D eigenvalue weighted by Crippen LogP contribution is 2.19. The first kappa shape index (κ1) is 20.0. The van der Waals surface area contributed by atoms with Crippen LogP contribution in [0.5, 0.6) is 0 Å². The summed E-state index contributed by atoms with van der Waals surface area (Å²) < 4.78 is 5.40. The Kier molecular flexibility index (Phi) is 8.73. The van der Waals surface area contributed by atoms with Crippen molar-refractivity contribution in [2.24, 2.45) is 0 Å². The summed E-state index contributed by atoms with van der Waals surface area (Å²) in [5, 5.41) is 2.91. The molecular formula is C21H31N3O2. The molecule has 0 fully saturated rings. The van der Waals surface area contributed by atoms with Gasteiger partial charge in [-0.25, -0.2) is 4.98 Å². The minimum atomic E-state index is -0.185. The second-order valence-corrected chi connectivity index (χ2v) is 6.74. The number of hydrogen-bond donors (Lipinski definition) is 2. The first-order valence-corrected chi connectivity index (χ1v) is 9.80. The van der Waals surface area contributed by atoms with E-state index in [1.165, 1.54) is 51.2 Å². The van der Waals surface area contributed by atoms with Crippen molar-refractivity contribution in [3.63, 3.8) is 0 Å². The number of nitrogens with one attached hydrogen (secondary N) is 1. The molecule has 2 aromatic rings. The molecule has 0 saturated heterocycles. The molecule has 5 nitrogen and oxygen atoms in total. The van der Waals surface area contributed by atoms with Gasteiger partial charge in [-0.05, 0) is 30.7 Å². The smallest absolute Gasteiger partial charge is 0.273 e. The Morgan fingerprint density at radius 1 is 1.00 bits per heavy atom. The van der Waals surface area contributed by atoms with Gasteiger partial charge in [-0.3, -0.25) is 4.79 Å². The zero-order chi connectivity index (χ0) is 18.6. The van der Waals surface area contributed by atoms with Crippen LogP contribution < -0.4 is 11.1 Å². The molecule has 2 rings (SSSR count). The van der Waals surface area contributed by atoms with Crippen LogP contribution in [0.2, 0.25) is 0 Å². The third-order valence-electron chi connectivity index (χ3n) is 4.46. The van der Waals surface area contributed by atoms with Crippen LogP contribution in [0.25, 0.3) is 11.5 Å². The van der Waals surface area contributed by atoms with E-state index in [-0.39, 0.29) is 5.91 Å². The van der Waals surface area contributed by atoms with Crippen molar-refractivity contribution in [2.45, 2.75) is 64.7 Å². The first-order chi connectivity index (χ1) is 12.7. The van der Waals surface area contributed by atoms with Crippen LogP contribution in [0.4, 0.5) is 5.69 Å². The zero-order valence-electron chi connectivity index (χ0n) is 15.8. The molecule has 0 spiro atoms. The lowest BCUT2D eigenvalue weighted by atomic mass is 10.1. The van der Waals surface area contributed by atoms with Crippen molar-refractivity contribution in [1.82, 2.24) is 10.3 Å². The standard InChI is InChI=1S/C21H31N3O2/c1-2-3-4-5-6-7-8-9-10-15-23-20(25)19-16-26-21(24-19)17-11-13-18(22)14-12-17/h11-14,16H,2-10,15,22H2,1H3,(H,23,25). The van der Waals surface area contributed by atoms with Crippen LogP contribution in [0.3, 0.4) is 0 Å². The zero-order valence-corrected chi connectivity index (χ0v) is 15.8. The summed E-state index contributed by atoms with van der Waals surface area (Å²) in [5.74, 6) is 0.244. The first-order valence-electron chi connectivity index (χ1n) is 9.80. The summed E-state index contributed by atoms with van der Waals surface area (Å²) in [6, 6.07) is 7.21. The van der Waals surface area contributed by atoms with Gasteiger partial charge in [-0.15, -0.1) is 0 Å². The fourth-order valence-corrected chi connectivity index (χ4v) is 2.86. The minimum absolute atomic E-state index is 0.185. The summed E-state index contributed by atoms with van der Waals surface area (Å²) in [6.45, 7) is 2.92. The quantitative estimate of drug-likeness (QED) is 0.405. The van der Waals surface area contributed by atoms with Gasteiger partial charge in [0, 0.05) is 17.8 Å². The highest BCUT2D eigenvalue weighted by atomic mass is 16.3. The maximum Gasteiger partial charge on any atom is 0.273 e. The van der Waals surface area contributed by atoms with Gasteiger partial charge in [-0.2, -0.15) is 0 Å².